The zero-order valence-electron chi connectivity index (χ0n) is 5.86. The second-order valence-electron chi connectivity index (χ2n) is 2.41. The second kappa shape index (κ2) is 2.96. The van der Waals surface area contributed by atoms with Crippen LogP contribution in [0, 0.1) is 0 Å². The lowest BCUT2D eigenvalue weighted by Crippen LogP contribution is -2.38. The first-order valence-corrected chi connectivity index (χ1v) is 3.33. The summed E-state index contributed by atoms with van der Waals surface area (Å²) in [6.45, 7) is 0.304. The van der Waals surface area contributed by atoms with Crippen molar-refractivity contribution >= 4 is 5.91 Å². The zero-order chi connectivity index (χ0) is 7.56. The van der Waals surface area contributed by atoms with Gasteiger partial charge in [0, 0.05) is 20.0 Å². The fourth-order valence-electron chi connectivity index (χ4n) is 1.07. The molecule has 0 bridgehead atoms. The van der Waals surface area contributed by atoms with Crippen LogP contribution in [0.15, 0.2) is 0 Å². The number of carbonyl (C=O) groups excluding carboxylic acids is 1. The van der Waals surface area contributed by atoms with Gasteiger partial charge in [0.1, 0.15) is 6.17 Å². The van der Waals surface area contributed by atoms with Gasteiger partial charge in [-0.3, -0.25) is 4.79 Å². The zero-order valence-corrected chi connectivity index (χ0v) is 5.86. The van der Waals surface area contributed by atoms with E-state index in [1.165, 1.54) is 0 Å². The summed E-state index contributed by atoms with van der Waals surface area (Å²) < 4.78 is 12.4. The average molecular weight is 146 g/mol. The molecule has 0 radical (unpaired) electrons. The number of amides is 1. The molecule has 58 valence electrons. The van der Waals surface area contributed by atoms with Crippen LogP contribution in [-0.2, 0) is 4.79 Å². The first-order chi connectivity index (χ1) is 4.74. The van der Waals surface area contributed by atoms with Crippen LogP contribution < -0.4 is 10.6 Å². The number of hydrogen-bond donors (Lipinski definition) is 2. The Kier molecular flexibility index (Phi) is 2.21. The number of hydrogen-bond acceptors (Lipinski definition) is 2. The van der Waals surface area contributed by atoms with E-state index in [4.69, 9.17) is 0 Å². The lowest BCUT2D eigenvalue weighted by Gasteiger charge is -2.05. The molecule has 0 aromatic carbocycles. The van der Waals surface area contributed by atoms with Crippen molar-refractivity contribution in [2.75, 3.05) is 13.6 Å². The Morgan fingerprint density at radius 3 is 2.90 bits per heavy atom. The van der Waals surface area contributed by atoms with E-state index >= 15 is 0 Å². The topological polar surface area (TPSA) is 41.1 Å². The second-order valence-corrected chi connectivity index (χ2v) is 2.41. The van der Waals surface area contributed by atoms with Crippen LogP contribution in [0.4, 0.5) is 4.39 Å². The third-order valence-corrected chi connectivity index (χ3v) is 1.64. The maximum atomic E-state index is 12.4. The van der Waals surface area contributed by atoms with E-state index in [9.17, 15) is 9.18 Å². The summed E-state index contributed by atoms with van der Waals surface area (Å²) in [6.07, 6.45) is -0.554. The van der Waals surface area contributed by atoms with Gasteiger partial charge in [0.25, 0.3) is 0 Å². The van der Waals surface area contributed by atoms with Gasteiger partial charge in [-0.2, -0.15) is 0 Å². The summed E-state index contributed by atoms with van der Waals surface area (Å²) in [5.41, 5.74) is 0. The van der Waals surface area contributed by atoms with Gasteiger partial charge in [0.15, 0.2) is 0 Å². The molecule has 3 nitrogen and oxygen atoms in total. The van der Waals surface area contributed by atoms with Crippen LogP contribution in [0.25, 0.3) is 0 Å². The molecule has 1 heterocycles. The Balaban J connectivity index is 2.37. The van der Waals surface area contributed by atoms with Crippen molar-refractivity contribution in [3.05, 3.63) is 0 Å². The molecule has 1 saturated heterocycles. The monoisotopic (exact) mass is 146 g/mol. The largest absolute Gasteiger partial charge is 0.358 e. The summed E-state index contributed by atoms with van der Waals surface area (Å²) in [4.78, 5) is 10.8. The molecule has 0 saturated carbocycles. The van der Waals surface area contributed by atoms with Crippen molar-refractivity contribution in [1.82, 2.24) is 10.6 Å². The van der Waals surface area contributed by atoms with Crippen LogP contribution in [-0.4, -0.2) is 31.7 Å². The molecule has 2 N–H and O–H groups in total. The lowest BCUT2D eigenvalue weighted by atomic mass is 10.2. The lowest BCUT2D eigenvalue weighted by molar-refractivity contribution is -0.122. The Bertz CT molecular complexity index is 140. The number of rotatable bonds is 1. The predicted octanol–water partition coefficient (Wildman–Crippen LogP) is -0.568. The number of alkyl halides is 1. The standard InChI is InChI=1S/C6H11FN2O/c1-8-6(10)5-2-4(7)3-9-5/h4-5,9H,2-3H2,1H3,(H,8,10)/t4-,5+/m0/s1. The van der Waals surface area contributed by atoms with Gasteiger partial charge in [-0.25, -0.2) is 4.39 Å². The van der Waals surface area contributed by atoms with Crippen LogP contribution >= 0.6 is 0 Å². The number of carbonyl (C=O) groups is 1. The van der Waals surface area contributed by atoms with Crippen molar-refractivity contribution in [3.8, 4) is 0 Å². The van der Waals surface area contributed by atoms with Crippen molar-refractivity contribution < 1.29 is 9.18 Å². The summed E-state index contributed by atoms with van der Waals surface area (Å²) in [5, 5.41) is 5.23. The van der Waals surface area contributed by atoms with E-state index in [0.29, 0.717) is 13.0 Å². The molecule has 0 aliphatic carbocycles. The Labute approximate surface area is 59.0 Å². The molecule has 1 fully saturated rings. The van der Waals surface area contributed by atoms with Crippen LogP contribution in [0.2, 0.25) is 0 Å². The molecule has 1 aliphatic heterocycles. The average Bonchev–Trinajstić information content (AvgIpc) is 2.34. The quantitative estimate of drug-likeness (QED) is 0.520. The smallest absolute Gasteiger partial charge is 0.236 e. The van der Waals surface area contributed by atoms with Crippen LogP contribution in [0.1, 0.15) is 6.42 Å². The first kappa shape index (κ1) is 7.47. The Morgan fingerprint density at radius 1 is 1.80 bits per heavy atom. The number of halogens is 1. The molecule has 1 amide bonds. The molecule has 2 atom stereocenters. The van der Waals surface area contributed by atoms with Gasteiger partial charge < -0.3 is 10.6 Å². The minimum Gasteiger partial charge on any atom is -0.358 e. The number of nitrogens with one attached hydrogen (secondary N) is 2. The molecule has 10 heavy (non-hydrogen) atoms. The summed E-state index contributed by atoms with van der Waals surface area (Å²) in [5.74, 6) is -0.125. The minimum absolute atomic E-state index is 0.125. The van der Waals surface area contributed by atoms with E-state index in [0.717, 1.165) is 0 Å². The summed E-state index contributed by atoms with van der Waals surface area (Å²) in [6, 6.07) is -0.319. The van der Waals surface area contributed by atoms with Gasteiger partial charge >= 0.3 is 0 Å². The Morgan fingerprint density at radius 2 is 2.50 bits per heavy atom. The van der Waals surface area contributed by atoms with Crippen molar-refractivity contribution in [3.63, 3.8) is 0 Å². The van der Waals surface area contributed by atoms with Gasteiger partial charge in [-0.1, -0.05) is 0 Å². The van der Waals surface area contributed by atoms with E-state index in [1.54, 1.807) is 7.05 Å². The first-order valence-electron chi connectivity index (χ1n) is 3.33. The SMILES string of the molecule is CNC(=O)[C@H]1C[C@H](F)CN1. The summed E-state index contributed by atoms with van der Waals surface area (Å²) in [7, 11) is 1.55. The third-order valence-electron chi connectivity index (χ3n) is 1.64. The minimum atomic E-state index is -0.859. The normalized spacial score (nSPS) is 32.2. The Hall–Kier alpha value is -0.640. The third kappa shape index (κ3) is 1.44. The molecular weight excluding hydrogens is 135 g/mol. The molecule has 4 heteroatoms. The molecule has 1 rings (SSSR count). The number of likely N-dealkylation sites (N-methyl/N-ethyl adjacent to an activating group) is 1. The highest BCUT2D eigenvalue weighted by Gasteiger charge is 2.28. The fraction of sp³-hybridized carbons (Fsp3) is 0.833. The summed E-state index contributed by atoms with van der Waals surface area (Å²) >= 11 is 0. The highest BCUT2D eigenvalue weighted by Crippen LogP contribution is 2.09. The highest BCUT2D eigenvalue weighted by atomic mass is 19.1. The van der Waals surface area contributed by atoms with E-state index in [-0.39, 0.29) is 11.9 Å². The predicted molar refractivity (Wildman–Crippen MR) is 35.4 cm³/mol. The van der Waals surface area contributed by atoms with Crippen LogP contribution in [0.3, 0.4) is 0 Å². The van der Waals surface area contributed by atoms with E-state index in [2.05, 4.69) is 10.6 Å². The van der Waals surface area contributed by atoms with Crippen molar-refractivity contribution in [2.45, 2.75) is 18.6 Å². The van der Waals surface area contributed by atoms with E-state index in [1.807, 2.05) is 0 Å². The van der Waals surface area contributed by atoms with Gasteiger partial charge in [-0.05, 0) is 0 Å². The molecular formula is C6H11FN2O. The van der Waals surface area contributed by atoms with Crippen LogP contribution in [0.5, 0.6) is 0 Å². The highest BCUT2D eigenvalue weighted by molar-refractivity contribution is 5.81. The van der Waals surface area contributed by atoms with Crippen molar-refractivity contribution in [1.29, 1.82) is 0 Å². The van der Waals surface area contributed by atoms with Crippen molar-refractivity contribution in [2.24, 2.45) is 0 Å². The molecule has 0 aromatic rings. The molecule has 0 unspecified atom stereocenters. The molecule has 0 aromatic heterocycles. The van der Waals surface area contributed by atoms with Gasteiger partial charge in [-0.15, -0.1) is 0 Å². The van der Waals surface area contributed by atoms with Gasteiger partial charge in [0.2, 0.25) is 5.91 Å². The fourth-order valence-corrected chi connectivity index (χ4v) is 1.07. The van der Waals surface area contributed by atoms with Gasteiger partial charge in [0.05, 0.1) is 6.04 Å². The maximum Gasteiger partial charge on any atom is 0.236 e. The molecule has 1 aliphatic rings. The van der Waals surface area contributed by atoms with E-state index < -0.39 is 6.17 Å². The maximum absolute atomic E-state index is 12.4. The molecule has 0 spiro atoms.